The zero-order valence-corrected chi connectivity index (χ0v) is 9.52. The number of pyridine rings is 1. The van der Waals surface area contributed by atoms with Crippen LogP contribution in [0.1, 0.15) is 0 Å². The molecule has 2 heterocycles. The van der Waals surface area contributed by atoms with Crippen LogP contribution in [-0.2, 0) is 21.1 Å². The smallest absolute Gasteiger partial charge is 0.0603 e. The largest absolute Gasteiger partial charge is 0.347 e. The Morgan fingerprint density at radius 1 is 1.21 bits per heavy atom. The summed E-state index contributed by atoms with van der Waals surface area (Å²) < 4.78 is 2.00. The summed E-state index contributed by atoms with van der Waals surface area (Å²) in [6, 6.07) is 11.2. The zero-order chi connectivity index (χ0) is 8.67. The molecular weight excluding hydrogens is 355 g/mol. The van der Waals surface area contributed by atoms with Gasteiger partial charge in [0, 0.05) is 33.5 Å². The van der Waals surface area contributed by atoms with Crippen LogP contribution in [0.5, 0.6) is 0 Å². The van der Waals surface area contributed by atoms with E-state index in [0.29, 0.717) is 0 Å². The van der Waals surface area contributed by atoms with Crippen molar-refractivity contribution in [1.82, 2.24) is 9.38 Å². The van der Waals surface area contributed by atoms with E-state index in [-0.39, 0.29) is 21.1 Å². The summed E-state index contributed by atoms with van der Waals surface area (Å²) in [5.41, 5.74) is 0.970. The number of fused-ring (bicyclic) bond motifs is 3. The fraction of sp³-hybridized carbons (Fsp3) is 0. The van der Waals surface area contributed by atoms with Gasteiger partial charge in [-0.2, -0.15) is 0 Å². The van der Waals surface area contributed by atoms with Crippen LogP contribution in [0, 0.1) is 6.07 Å². The Hall–Kier alpha value is -1.14. The van der Waals surface area contributed by atoms with E-state index in [9.17, 15) is 0 Å². The van der Waals surface area contributed by atoms with Crippen molar-refractivity contribution in [2.75, 3.05) is 0 Å². The molecule has 0 radical (unpaired) electrons. The van der Waals surface area contributed by atoms with Gasteiger partial charge in [0.2, 0.25) is 0 Å². The molecule has 0 bridgehead atoms. The predicted octanol–water partition coefficient (Wildman–Crippen LogP) is 2.29. The van der Waals surface area contributed by atoms with Gasteiger partial charge in [-0.15, -0.1) is 35.0 Å². The maximum Gasteiger partial charge on any atom is 0.0603 e. The fourth-order valence-corrected chi connectivity index (χ4v) is 1.57. The molecule has 0 amide bonds. The molecule has 1 aromatic carbocycles. The summed E-state index contributed by atoms with van der Waals surface area (Å²) in [7, 11) is 0. The molecule has 0 aliphatic carbocycles. The van der Waals surface area contributed by atoms with E-state index < -0.39 is 0 Å². The standard InChI is InChI=1S/C11H7N2.Pt/c1-2-4-10-9(3-1)5-7-13-8-6-12-11(10)13;/h1-3,5-8H;/q-1;. The first kappa shape index (κ1) is 9.41. The summed E-state index contributed by atoms with van der Waals surface area (Å²) in [5.74, 6) is 0. The first-order valence-electron chi connectivity index (χ1n) is 4.17. The van der Waals surface area contributed by atoms with Crippen LogP contribution in [0.15, 0.2) is 42.9 Å². The normalized spacial score (nSPS) is 10.3. The average molecular weight is 362 g/mol. The fourth-order valence-electron chi connectivity index (χ4n) is 1.57. The first-order chi connectivity index (χ1) is 6.45. The van der Waals surface area contributed by atoms with E-state index in [4.69, 9.17) is 0 Å². The third kappa shape index (κ3) is 1.27. The minimum Gasteiger partial charge on any atom is -0.347 e. The van der Waals surface area contributed by atoms with Gasteiger partial charge < -0.3 is 4.40 Å². The molecule has 0 fully saturated rings. The number of nitrogens with zero attached hydrogens (tertiary/aromatic N) is 2. The van der Waals surface area contributed by atoms with Gasteiger partial charge in [0.15, 0.2) is 0 Å². The van der Waals surface area contributed by atoms with Gasteiger partial charge in [0.1, 0.15) is 0 Å². The monoisotopic (exact) mass is 362 g/mol. The SMILES string of the molecule is [Pt].[c-]1cccc2ccn3ccnc3c12. The third-order valence-electron chi connectivity index (χ3n) is 2.20. The average Bonchev–Trinajstić information content (AvgIpc) is 2.65. The summed E-state index contributed by atoms with van der Waals surface area (Å²) in [5, 5.41) is 2.26. The second-order valence-corrected chi connectivity index (χ2v) is 2.97. The second-order valence-electron chi connectivity index (χ2n) is 2.97. The number of hydrogen-bond acceptors (Lipinski definition) is 1. The van der Waals surface area contributed by atoms with Crippen molar-refractivity contribution in [3.8, 4) is 0 Å². The van der Waals surface area contributed by atoms with Crippen molar-refractivity contribution in [3.05, 3.63) is 48.9 Å². The van der Waals surface area contributed by atoms with Crippen LogP contribution in [-0.4, -0.2) is 9.38 Å². The maximum atomic E-state index is 4.28. The topological polar surface area (TPSA) is 17.3 Å². The zero-order valence-electron chi connectivity index (χ0n) is 7.25. The van der Waals surface area contributed by atoms with E-state index in [2.05, 4.69) is 23.2 Å². The molecule has 0 spiro atoms. The summed E-state index contributed by atoms with van der Waals surface area (Å²) >= 11 is 0. The van der Waals surface area contributed by atoms with Crippen LogP contribution in [0.4, 0.5) is 0 Å². The van der Waals surface area contributed by atoms with E-state index in [1.165, 1.54) is 5.39 Å². The molecule has 0 saturated carbocycles. The molecule has 3 aromatic rings. The number of rotatable bonds is 0. The van der Waals surface area contributed by atoms with E-state index in [1.54, 1.807) is 6.20 Å². The van der Waals surface area contributed by atoms with Crippen molar-refractivity contribution >= 4 is 16.4 Å². The number of hydrogen-bond donors (Lipinski definition) is 0. The summed E-state index contributed by atoms with van der Waals surface area (Å²) in [4.78, 5) is 4.28. The van der Waals surface area contributed by atoms with Crippen molar-refractivity contribution in [1.29, 1.82) is 0 Å². The van der Waals surface area contributed by atoms with E-state index >= 15 is 0 Å². The van der Waals surface area contributed by atoms with Gasteiger partial charge in [-0.25, -0.2) is 0 Å². The Morgan fingerprint density at radius 3 is 3.07 bits per heavy atom. The molecule has 2 aromatic heterocycles. The Labute approximate surface area is 95.8 Å². The molecule has 0 atom stereocenters. The maximum absolute atomic E-state index is 4.28. The van der Waals surface area contributed by atoms with Crippen molar-refractivity contribution in [2.24, 2.45) is 0 Å². The van der Waals surface area contributed by atoms with Gasteiger partial charge >= 0.3 is 0 Å². The molecule has 2 nitrogen and oxygen atoms in total. The summed E-state index contributed by atoms with van der Waals surface area (Å²) in [6.07, 6.45) is 5.75. The van der Waals surface area contributed by atoms with E-state index in [0.717, 1.165) is 11.0 Å². The van der Waals surface area contributed by atoms with Crippen LogP contribution in [0.2, 0.25) is 0 Å². The van der Waals surface area contributed by atoms with Gasteiger partial charge in [-0.1, -0.05) is 6.07 Å². The molecule has 0 unspecified atom stereocenters. The first-order valence-corrected chi connectivity index (χ1v) is 4.17. The number of benzene rings is 1. The minimum atomic E-state index is 0. The molecule has 0 saturated heterocycles. The number of aromatic nitrogens is 2. The van der Waals surface area contributed by atoms with Crippen LogP contribution < -0.4 is 0 Å². The second kappa shape index (κ2) is 3.55. The van der Waals surface area contributed by atoms with Gasteiger partial charge in [0.25, 0.3) is 0 Å². The van der Waals surface area contributed by atoms with Crippen molar-refractivity contribution in [2.45, 2.75) is 0 Å². The molecule has 0 aliphatic heterocycles. The minimum absolute atomic E-state index is 0. The molecule has 3 rings (SSSR count). The number of imidazole rings is 1. The Morgan fingerprint density at radius 2 is 2.14 bits per heavy atom. The summed E-state index contributed by atoms with van der Waals surface area (Å²) in [6.45, 7) is 0. The van der Waals surface area contributed by atoms with E-state index in [1.807, 2.05) is 28.9 Å². The molecule has 72 valence electrons. The molecule has 14 heavy (non-hydrogen) atoms. The Bertz CT molecular complexity index is 571. The Kier molecular flexibility index (Phi) is 2.38. The molecular formula is C11H7N2Pt-. The molecule has 0 aliphatic rings. The van der Waals surface area contributed by atoms with Crippen molar-refractivity contribution in [3.63, 3.8) is 0 Å². The molecule has 3 heteroatoms. The van der Waals surface area contributed by atoms with Gasteiger partial charge in [-0.05, 0) is 6.20 Å². The van der Waals surface area contributed by atoms with Crippen LogP contribution in [0.3, 0.4) is 0 Å². The van der Waals surface area contributed by atoms with Gasteiger partial charge in [-0.3, -0.25) is 4.98 Å². The Balaban J connectivity index is 0.000000750. The van der Waals surface area contributed by atoms with Crippen molar-refractivity contribution < 1.29 is 21.1 Å². The molecule has 0 N–H and O–H groups in total. The van der Waals surface area contributed by atoms with Crippen LogP contribution >= 0.6 is 0 Å². The third-order valence-corrected chi connectivity index (χ3v) is 2.20. The quantitative estimate of drug-likeness (QED) is 0.561. The van der Waals surface area contributed by atoms with Crippen LogP contribution in [0.25, 0.3) is 16.4 Å². The predicted molar refractivity (Wildman–Crippen MR) is 51.5 cm³/mol. The van der Waals surface area contributed by atoms with Gasteiger partial charge in [0.05, 0.1) is 5.65 Å².